The standard InChI is InChI=1S/C13H13BrN4O2/c1-20-10-3-7(14)2-9(5-10)18-13-11(12(16)19)4-8(15)6-17-13/h2-6H,15H2,1H3,(H2,16,19)(H,17,18). The summed E-state index contributed by atoms with van der Waals surface area (Å²) in [7, 11) is 1.57. The lowest BCUT2D eigenvalue weighted by atomic mass is 10.2. The minimum atomic E-state index is -0.603. The van der Waals surface area contributed by atoms with Crippen molar-refractivity contribution < 1.29 is 9.53 Å². The Morgan fingerprint density at radius 3 is 2.75 bits per heavy atom. The number of primary amides is 1. The quantitative estimate of drug-likeness (QED) is 0.794. The Balaban J connectivity index is 2.39. The van der Waals surface area contributed by atoms with E-state index >= 15 is 0 Å². The molecule has 0 spiro atoms. The van der Waals surface area contributed by atoms with Crippen molar-refractivity contribution in [1.82, 2.24) is 4.98 Å². The zero-order chi connectivity index (χ0) is 14.7. The summed E-state index contributed by atoms with van der Waals surface area (Å²) < 4.78 is 6.00. The van der Waals surface area contributed by atoms with Crippen molar-refractivity contribution in [2.24, 2.45) is 5.73 Å². The molecule has 5 N–H and O–H groups in total. The van der Waals surface area contributed by atoms with Crippen LogP contribution in [-0.2, 0) is 0 Å². The number of nitrogens with two attached hydrogens (primary N) is 2. The van der Waals surface area contributed by atoms with E-state index in [1.54, 1.807) is 13.2 Å². The van der Waals surface area contributed by atoms with E-state index in [1.807, 2.05) is 12.1 Å². The summed E-state index contributed by atoms with van der Waals surface area (Å²) in [6.45, 7) is 0. The number of nitrogens with one attached hydrogen (secondary N) is 1. The van der Waals surface area contributed by atoms with Gasteiger partial charge in [0.05, 0.1) is 24.6 Å². The molecule has 2 aromatic rings. The summed E-state index contributed by atoms with van der Waals surface area (Å²) in [4.78, 5) is 15.5. The number of nitrogen functional groups attached to an aromatic ring is 1. The number of carbonyl (C=O) groups is 1. The molecule has 0 fully saturated rings. The Kier molecular flexibility index (Phi) is 4.09. The highest BCUT2D eigenvalue weighted by atomic mass is 79.9. The number of hydrogen-bond donors (Lipinski definition) is 3. The molecule has 7 heteroatoms. The second-order valence-electron chi connectivity index (χ2n) is 4.03. The number of anilines is 3. The van der Waals surface area contributed by atoms with Crippen molar-refractivity contribution in [2.45, 2.75) is 0 Å². The number of rotatable bonds is 4. The Labute approximate surface area is 124 Å². The van der Waals surface area contributed by atoms with Gasteiger partial charge in [0, 0.05) is 16.2 Å². The summed E-state index contributed by atoms with van der Waals surface area (Å²) in [5.41, 5.74) is 12.2. The number of nitrogens with zero attached hydrogens (tertiary/aromatic N) is 1. The number of halogens is 1. The predicted octanol–water partition coefficient (Wildman–Crippen LogP) is 2.28. The molecule has 0 aliphatic rings. The average molecular weight is 337 g/mol. The third-order valence-corrected chi connectivity index (χ3v) is 3.00. The number of ether oxygens (including phenoxy) is 1. The second kappa shape index (κ2) is 5.79. The van der Waals surface area contributed by atoms with Gasteiger partial charge in [0.1, 0.15) is 11.6 Å². The number of carbonyl (C=O) groups excluding carboxylic acids is 1. The molecule has 0 saturated heterocycles. The zero-order valence-corrected chi connectivity index (χ0v) is 12.3. The molecule has 0 aliphatic carbocycles. The van der Waals surface area contributed by atoms with Crippen LogP contribution in [0.5, 0.6) is 5.75 Å². The van der Waals surface area contributed by atoms with Crippen LogP contribution in [0.1, 0.15) is 10.4 Å². The average Bonchev–Trinajstić information content (AvgIpc) is 2.40. The number of pyridine rings is 1. The first-order chi connectivity index (χ1) is 9.49. The fraction of sp³-hybridized carbons (Fsp3) is 0.0769. The monoisotopic (exact) mass is 336 g/mol. The smallest absolute Gasteiger partial charge is 0.252 e. The Hall–Kier alpha value is -2.28. The van der Waals surface area contributed by atoms with Gasteiger partial charge in [-0.3, -0.25) is 4.79 Å². The molecule has 2 rings (SSSR count). The van der Waals surface area contributed by atoms with Crippen LogP contribution in [0.4, 0.5) is 17.2 Å². The summed E-state index contributed by atoms with van der Waals surface area (Å²) in [6, 6.07) is 6.89. The van der Waals surface area contributed by atoms with E-state index in [9.17, 15) is 4.79 Å². The van der Waals surface area contributed by atoms with Crippen LogP contribution >= 0.6 is 15.9 Å². The first-order valence-electron chi connectivity index (χ1n) is 5.66. The summed E-state index contributed by atoms with van der Waals surface area (Å²) in [6.07, 6.45) is 1.45. The second-order valence-corrected chi connectivity index (χ2v) is 4.95. The molecule has 104 valence electrons. The fourth-order valence-electron chi connectivity index (χ4n) is 1.66. The van der Waals surface area contributed by atoms with Crippen LogP contribution in [0.15, 0.2) is 34.9 Å². The van der Waals surface area contributed by atoms with Crippen LogP contribution in [-0.4, -0.2) is 18.0 Å². The highest BCUT2D eigenvalue weighted by molar-refractivity contribution is 9.10. The Morgan fingerprint density at radius 1 is 1.35 bits per heavy atom. The van der Waals surface area contributed by atoms with Gasteiger partial charge in [-0.2, -0.15) is 0 Å². The molecule has 6 nitrogen and oxygen atoms in total. The molecule has 0 aliphatic heterocycles. The van der Waals surface area contributed by atoms with E-state index in [0.29, 0.717) is 22.9 Å². The SMILES string of the molecule is COc1cc(Br)cc(Nc2ncc(N)cc2C(N)=O)c1. The maximum Gasteiger partial charge on any atom is 0.252 e. The highest BCUT2D eigenvalue weighted by Crippen LogP contribution is 2.27. The molecule has 0 saturated carbocycles. The lowest BCUT2D eigenvalue weighted by Crippen LogP contribution is -2.14. The Morgan fingerprint density at radius 2 is 2.10 bits per heavy atom. The van der Waals surface area contributed by atoms with E-state index in [1.165, 1.54) is 12.3 Å². The Bertz CT molecular complexity index is 661. The molecule has 0 atom stereocenters. The fourth-order valence-corrected chi connectivity index (χ4v) is 2.13. The van der Waals surface area contributed by atoms with Gasteiger partial charge in [0.25, 0.3) is 5.91 Å². The molecule has 1 aromatic heterocycles. The van der Waals surface area contributed by atoms with Gasteiger partial charge in [-0.15, -0.1) is 0 Å². The first-order valence-corrected chi connectivity index (χ1v) is 6.46. The van der Waals surface area contributed by atoms with Crippen LogP contribution in [0.25, 0.3) is 0 Å². The van der Waals surface area contributed by atoms with Crippen molar-refractivity contribution in [2.75, 3.05) is 18.2 Å². The van der Waals surface area contributed by atoms with Crippen molar-refractivity contribution in [1.29, 1.82) is 0 Å². The number of amides is 1. The lowest BCUT2D eigenvalue weighted by molar-refractivity contribution is 0.100. The van der Waals surface area contributed by atoms with Crippen LogP contribution in [0.2, 0.25) is 0 Å². The maximum absolute atomic E-state index is 11.4. The van der Waals surface area contributed by atoms with E-state index < -0.39 is 5.91 Å². The van der Waals surface area contributed by atoms with Gasteiger partial charge in [0.2, 0.25) is 0 Å². The number of benzene rings is 1. The zero-order valence-electron chi connectivity index (χ0n) is 10.7. The molecule has 1 amide bonds. The van der Waals surface area contributed by atoms with Gasteiger partial charge < -0.3 is 21.5 Å². The maximum atomic E-state index is 11.4. The number of hydrogen-bond acceptors (Lipinski definition) is 5. The van der Waals surface area contributed by atoms with E-state index in [4.69, 9.17) is 16.2 Å². The van der Waals surface area contributed by atoms with Crippen molar-refractivity contribution >= 4 is 39.0 Å². The lowest BCUT2D eigenvalue weighted by Gasteiger charge is -2.11. The van der Waals surface area contributed by atoms with Crippen molar-refractivity contribution in [3.8, 4) is 5.75 Å². The summed E-state index contributed by atoms with van der Waals surface area (Å²) >= 11 is 3.37. The van der Waals surface area contributed by atoms with Crippen LogP contribution < -0.4 is 21.5 Å². The molecule has 1 heterocycles. The van der Waals surface area contributed by atoms with Crippen molar-refractivity contribution in [3.63, 3.8) is 0 Å². The third-order valence-electron chi connectivity index (χ3n) is 2.54. The summed E-state index contributed by atoms with van der Waals surface area (Å²) in [5, 5.41) is 3.02. The minimum Gasteiger partial charge on any atom is -0.497 e. The largest absolute Gasteiger partial charge is 0.497 e. The van der Waals surface area contributed by atoms with Gasteiger partial charge in [-0.1, -0.05) is 15.9 Å². The van der Waals surface area contributed by atoms with Gasteiger partial charge in [-0.25, -0.2) is 4.98 Å². The molecular formula is C13H13BrN4O2. The normalized spacial score (nSPS) is 10.1. The molecule has 0 unspecified atom stereocenters. The first kappa shape index (κ1) is 14.1. The van der Waals surface area contributed by atoms with Gasteiger partial charge in [-0.05, 0) is 18.2 Å². The third kappa shape index (κ3) is 3.18. The summed E-state index contributed by atoms with van der Waals surface area (Å²) in [5.74, 6) is 0.402. The highest BCUT2D eigenvalue weighted by Gasteiger charge is 2.11. The van der Waals surface area contributed by atoms with Crippen LogP contribution in [0, 0.1) is 0 Å². The topological polar surface area (TPSA) is 103 Å². The molecular weight excluding hydrogens is 324 g/mol. The van der Waals surface area contributed by atoms with Crippen molar-refractivity contribution in [3.05, 3.63) is 40.5 Å². The van der Waals surface area contributed by atoms with Gasteiger partial charge >= 0.3 is 0 Å². The van der Waals surface area contributed by atoms with Crippen LogP contribution in [0.3, 0.4) is 0 Å². The van der Waals surface area contributed by atoms with Gasteiger partial charge in [0.15, 0.2) is 0 Å². The minimum absolute atomic E-state index is 0.226. The molecule has 1 aromatic carbocycles. The molecule has 20 heavy (non-hydrogen) atoms. The van der Waals surface area contributed by atoms with E-state index in [-0.39, 0.29) is 5.56 Å². The molecule has 0 bridgehead atoms. The van der Waals surface area contributed by atoms with E-state index in [2.05, 4.69) is 26.2 Å². The number of methoxy groups -OCH3 is 1. The predicted molar refractivity (Wildman–Crippen MR) is 81.1 cm³/mol. The number of aromatic nitrogens is 1. The van der Waals surface area contributed by atoms with E-state index in [0.717, 1.165) is 4.47 Å². The molecule has 0 radical (unpaired) electrons.